The molecule has 3 aliphatic rings. The van der Waals surface area contributed by atoms with E-state index in [2.05, 4.69) is 10.0 Å². The van der Waals surface area contributed by atoms with Crippen LogP contribution in [0.25, 0.3) is 0 Å². The Kier molecular flexibility index (Phi) is 7.78. The largest absolute Gasteiger partial charge is 0.343 e. The summed E-state index contributed by atoms with van der Waals surface area (Å²) >= 11 is 1.50. The summed E-state index contributed by atoms with van der Waals surface area (Å²) in [6.07, 6.45) is 9.59. The number of amides is 2. The van der Waals surface area contributed by atoms with Gasteiger partial charge >= 0.3 is 0 Å². The number of rotatable bonds is 5. The monoisotopic (exact) mass is 479 g/mol. The number of carbonyl (C=O) groups excluding carboxylic acids is 2. The van der Waals surface area contributed by atoms with E-state index in [1.165, 1.54) is 18.2 Å². The van der Waals surface area contributed by atoms with Gasteiger partial charge in [-0.15, -0.1) is 11.8 Å². The molecule has 1 aromatic carbocycles. The number of hydrogen-bond acceptors (Lipinski definition) is 5. The highest BCUT2D eigenvalue weighted by Gasteiger charge is 2.30. The highest BCUT2D eigenvalue weighted by molar-refractivity contribution is 7.99. The minimum absolute atomic E-state index is 0.0286. The SMILES string of the molecule is O=C1Nc2cc(S(=O)(=O)NC3CCCCCCC3)ccc2SCC1CC(=O)N1CCCC1. The van der Waals surface area contributed by atoms with Gasteiger partial charge in [-0.1, -0.05) is 32.1 Å². The second kappa shape index (κ2) is 10.6. The molecule has 1 aliphatic carbocycles. The Morgan fingerprint density at radius 2 is 1.75 bits per heavy atom. The van der Waals surface area contributed by atoms with Crippen LogP contribution in [0, 0.1) is 5.92 Å². The third kappa shape index (κ3) is 5.85. The Labute approximate surface area is 195 Å². The van der Waals surface area contributed by atoms with Crippen LogP contribution in [-0.2, 0) is 19.6 Å². The molecule has 1 aromatic rings. The summed E-state index contributed by atoms with van der Waals surface area (Å²) in [6, 6.07) is 4.89. The van der Waals surface area contributed by atoms with Crippen molar-refractivity contribution in [2.75, 3.05) is 24.2 Å². The van der Waals surface area contributed by atoms with Crippen LogP contribution in [0.15, 0.2) is 28.0 Å². The Balaban J connectivity index is 1.43. The third-order valence-corrected chi connectivity index (χ3v) is 9.39. The number of fused-ring (bicyclic) bond motifs is 1. The fourth-order valence-corrected chi connectivity index (χ4v) is 7.13. The molecule has 0 bridgehead atoms. The molecular weight excluding hydrogens is 446 g/mol. The minimum atomic E-state index is -3.67. The number of sulfonamides is 1. The van der Waals surface area contributed by atoms with Gasteiger partial charge in [-0.05, 0) is 43.9 Å². The first-order valence-corrected chi connectivity index (χ1v) is 14.3. The molecule has 1 atom stereocenters. The number of nitrogens with zero attached hydrogens (tertiary/aromatic N) is 1. The maximum absolute atomic E-state index is 13.0. The fraction of sp³-hybridized carbons (Fsp3) is 0.652. The Morgan fingerprint density at radius 1 is 1.06 bits per heavy atom. The van der Waals surface area contributed by atoms with Gasteiger partial charge in [-0.2, -0.15) is 0 Å². The lowest BCUT2D eigenvalue weighted by Gasteiger charge is -2.21. The number of nitrogens with one attached hydrogen (secondary N) is 2. The van der Waals surface area contributed by atoms with Crippen molar-refractivity contribution in [3.05, 3.63) is 18.2 Å². The molecule has 2 heterocycles. The van der Waals surface area contributed by atoms with E-state index in [4.69, 9.17) is 0 Å². The van der Waals surface area contributed by atoms with E-state index in [-0.39, 0.29) is 29.2 Å². The second-order valence-electron chi connectivity index (χ2n) is 9.11. The van der Waals surface area contributed by atoms with Crippen LogP contribution in [0.4, 0.5) is 5.69 Å². The molecule has 1 saturated carbocycles. The summed E-state index contributed by atoms with van der Waals surface area (Å²) in [4.78, 5) is 28.2. The van der Waals surface area contributed by atoms with Gasteiger partial charge in [0.2, 0.25) is 21.8 Å². The summed E-state index contributed by atoms with van der Waals surface area (Å²) < 4.78 is 28.9. The van der Waals surface area contributed by atoms with Gasteiger partial charge in [0.05, 0.1) is 16.5 Å². The van der Waals surface area contributed by atoms with Gasteiger partial charge in [0, 0.05) is 36.2 Å². The summed E-state index contributed by atoms with van der Waals surface area (Å²) in [6.45, 7) is 1.55. The molecule has 9 heteroatoms. The predicted molar refractivity (Wildman–Crippen MR) is 126 cm³/mol. The lowest BCUT2D eigenvalue weighted by molar-refractivity contribution is -0.133. The van der Waals surface area contributed by atoms with Crippen LogP contribution < -0.4 is 10.0 Å². The molecule has 2 aliphatic heterocycles. The van der Waals surface area contributed by atoms with Crippen LogP contribution >= 0.6 is 11.8 Å². The first kappa shape index (κ1) is 23.6. The molecule has 0 radical (unpaired) electrons. The van der Waals surface area contributed by atoms with Crippen molar-refractivity contribution >= 4 is 39.3 Å². The Morgan fingerprint density at radius 3 is 2.47 bits per heavy atom. The fourth-order valence-electron chi connectivity index (χ4n) is 4.72. The summed E-state index contributed by atoms with van der Waals surface area (Å²) in [5.41, 5.74) is 0.511. The Hall–Kier alpha value is -1.58. The number of likely N-dealkylation sites (tertiary alicyclic amines) is 1. The number of hydrogen-bond donors (Lipinski definition) is 2. The normalized spacial score (nSPS) is 23.1. The van der Waals surface area contributed by atoms with Crippen LogP contribution in [0.2, 0.25) is 0 Å². The van der Waals surface area contributed by atoms with E-state index < -0.39 is 15.9 Å². The van der Waals surface area contributed by atoms with Gasteiger partial charge in [-0.25, -0.2) is 13.1 Å². The summed E-state index contributed by atoms with van der Waals surface area (Å²) in [5, 5.41) is 2.88. The lowest BCUT2D eigenvalue weighted by atomic mass is 9.97. The van der Waals surface area contributed by atoms with E-state index in [1.54, 1.807) is 18.2 Å². The van der Waals surface area contributed by atoms with Crippen molar-refractivity contribution in [2.24, 2.45) is 5.92 Å². The van der Waals surface area contributed by atoms with Crippen LogP contribution in [0.1, 0.15) is 64.2 Å². The number of thioether (sulfide) groups is 1. The zero-order chi connectivity index (χ0) is 22.6. The molecule has 2 N–H and O–H groups in total. The first-order valence-electron chi connectivity index (χ1n) is 11.8. The highest BCUT2D eigenvalue weighted by Crippen LogP contribution is 2.35. The minimum Gasteiger partial charge on any atom is -0.343 e. The van der Waals surface area contributed by atoms with Crippen LogP contribution in [0.3, 0.4) is 0 Å². The van der Waals surface area contributed by atoms with Crippen LogP contribution in [-0.4, -0.2) is 50.0 Å². The molecule has 32 heavy (non-hydrogen) atoms. The molecular formula is C23H33N3O4S2. The Bertz CT molecular complexity index is 937. The van der Waals surface area contributed by atoms with Crippen molar-refractivity contribution < 1.29 is 18.0 Å². The van der Waals surface area contributed by atoms with Gasteiger partial charge in [0.25, 0.3) is 0 Å². The van der Waals surface area contributed by atoms with E-state index in [1.807, 2.05) is 4.90 Å². The first-order chi connectivity index (χ1) is 15.4. The zero-order valence-corrected chi connectivity index (χ0v) is 20.1. The molecule has 0 aromatic heterocycles. The number of benzene rings is 1. The number of carbonyl (C=O) groups is 2. The quantitative estimate of drug-likeness (QED) is 0.671. The smallest absolute Gasteiger partial charge is 0.240 e. The van der Waals surface area contributed by atoms with Crippen molar-refractivity contribution in [2.45, 2.75) is 80.0 Å². The van der Waals surface area contributed by atoms with Gasteiger partial charge in [-0.3, -0.25) is 9.59 Å². The standard InChI is InChI=1S/C23H33N3O4S2/c27-22(26-12-6-7-13-26)14-17-16-31-21-11-10-19(15-20(21)24-23(17)28)32(29,30)25-18-8-4-2-1-3-5-9-18/h10-11,15,17-18,25H,1-9,12-14,16H2,(H,24,28). The van der Waals surface area contributed by atoms with Crippen molar-refractivity contribution in [3.63, 3.8) is 0 Å². The molecule has 1 saturated heterocycles. The molecule has 176 valence electrons. The van der Waals surface area contributed by atoms with Gasteiger partial charge in [0.1, 0.15) is 0 Å². The lowest BCUT2D eigenvalue weighted by Crippen LogP contribution is -2.35. The van der Waals surface area contributed by atoms with Crippen LogP contribution in [0.5, 0.6) is 0 Å². The third-order valence-electron chi connectivity index (χ3n) is 6.64. The second-order valence-corrected chi connectivity index (χ2v) is 11.9. The van der Waals surface area contributed by atoms with E-state index >= 15 is 0 Å². The average Bonchev–Trinajstić information content (AvgIpc) is 3.23. The molecule has 2 fully saturated rings. The molecule has 1 unspecified atom stereocenters. The van der Waals surface area contributed by atoms with Crippen molar-refractivity contribution in [1.82, 2.24) is 9.62 Å². The van der Waals surface area contributed by atoms with E-state index in [9.17, 15) is 18.0 Å². The van der Waals surface area contributed by atoms with Crippen molar-refractivity contribution in [3.8, 4) is 0 Å². The topological polar surface area (TPSA) is 95.6 Å². The molecule has 7 nitrogen and oxygen atoms in total. The van der Waals surface area contributed by atoms with Crippen molar-refractivity contribution in [1.29, 1.82) is 0 Å². The maximum atomic E-state index is 13.0. The highest BCUT2D eigenvalue weighted by atomic mass is 32.2. The zero-order valence-electron chi connectivity index (χ0n) is 18.5. The molecule has 0 spiro atoms. The maximum Gasteiger partial charge on any atom is 0.240 e. The van der Waals surface area contributed by atoms with Gasteiger partial charge < -0.3 is 10.2 Å². The summed E-state index contributed by atoms with van der Waals surface area (Å²) in [7, 11) is -3.67. The average molecular weight is 480 g/mol. The number of anilines is 1. The van der Waals surface area contributed by atoms with E-state index in [0.717, 1.165) is 69.4 Å². The predicted octanol–water partition coefficient (Wildman–Crippen LogP) is 3.75. The van der Waals surface area contributed by atoms with Gasteiger partial charge in [0.15, 0.2) is 0 Å². The van der Waals surface area contributed by atoms with E-state index in [0.29, 0.717) is 11.4 Å². The molecule has 4 rings (SSSR count). The molecule has 2 amide bonds. The summed E-state index contributed by atoms with van der Waals surface area (Å²) in [5.74, 6) is -0.106.